The molecule has 0 heterocycles. The number of rotatable bonds is 8. The minimum Gasteiger partial charge on any atom is -0.493 e. The molecule has 0 aliphatic rings. The molecule has 2 atom stereocenters. The van der Waals surface area contributed by atoms with Gasteiger partial charge in [-0.15, -0.1) is 0 Å². The van der Waals surface area contributed by atoms with Gasteiger partial charge >= 0.3 is 12.0 Å². The number of carboxylic acid groups (broad SMARTS) is 1. The number of aliphatic hydroxyl groups excluding tert-OH is 1. The van der Waals surface area contributed by atoms with Gasteiger partial charge in [0.15, 0.2) is 17.5 Å². The summed E-state index contributed by atoms with van der Waals surface area (Å²) in [4.78, 5) is 23.5. The van der Waals surface area contributed by atoms with Gasteiger partial charge in [0, 0.05) is 6.54 Å². The number of aliphatic hydroxyl groups is 1. The molecule has 0 aliphatic heterocycles. The van der Waals surface area contributed by atoms with Crippen LogP contribution in [0.1, 0.15) is 17.2 Å². The van der Waals surface area contributed by atoms with Gasteiger partial charge < -0.3 is 30.3 Å². The predicted octanol–water partition coefficient (Wildman–Crippen LogP) is 1.69. The van der Waals surface area contributed by atoms with Crippen LogP contribution in [0.4, 0.5) is 4.79 Å². The van der Waals surface area contributed by atoms with Gasteiger partial charge in [0.2, 0.25) is 0 Å². The second-order valence-corrected chi connectivity index (χ2v) is 5.69. The quantitative estimate of drug-likeness (QED) is 0.559. The number of ether oxygens (including phenoxy) is 2. The highest BCUT2D eigenvalue weighted by Crippen LogP contribution is 2.27. The van der Waals surface area contributed by atoms with Gasteiger partial charge in [-0.2, -0.15) is 0 Å². The van der Waals surface area contributed by atoms with Crippen molar-refractivity contribution in [2.45, 2.75) is 18.7 Å². The normalized spacial score (nSPS) is 12.6. The Hall–Kier alpha value is -3.26. The number of nitrogens with one attached hydrogen (secondary N) is 2. The maximum atomic E-state index is 12.1. The van der Waals surface area contributed by atoms with Crippen LogP contribution in [0.25, 0.3) is 0 Å². The first-order chi connectivity index (χ1) is 13.0. The van der Waals surface area contributed by atoms with Gasteiger partial charge in [-0.1, -0.05) is 36.4 Å². The van der Waals surface area contributed by atoms with Crippen molar-refractivity contribution < 1.29 is 29.3 Å². The molecule has 0 aliphatic carbocycles. The van der Waals surface area contributed by atoms with Crippen molar-refractivity contribution in [2.24, 2.45) is 0 Å². The molecule has 0 aromatic heterocycles. The first-order valence-corrected chi connectivity index (χ1v) is 8.17. The molecular weight excluding hydrogens is 352 g/mol. The first-order valence-electron chi connectivity index (χ1n) is 8.17. The van der Waals surface area contributed by atoms with Crippen molar-refractivity contribution in [2.75, 3.05) is 14.2 Å². The van der Waals surface area contributed by atoms with Crippen LogP contribution in [-0.4, -0.2) is 42.5 Å². The Kier molecular flexibility index (Phi) is 7.01. The monoisotopic (exact) mass is 374 g/mol. The lowest BCUT2D eigenvalue weighted by molar-refractivity contribution is -0.142. The molecular formula is C19H22N2O6. The van der Waals surface area contributed by atoms with E-state index in [-0.39, 0.29) is 6.54 Å². The molecule has 0 saturated heterocycles. The van der Waals surface area contributed by atoms with E-state index < -0.39 is 24.1 Å². The molecule has 0 bridgehead atoms. The highest BCUT2D eigenvalue weighted by molar-refractivity contribution is 5.83. The molecule has 2 aromatic rings. The Morgan fingerprint density at radius 1 is 1.04 bits per heavy atom. The van der Waals surface area contributed by atoms with Gasteiger partial charge in [-0.3, -0.25) is 0 Å². The van der Waals surface area contributed by atoms with E-state index in [2.05, 4.69) is 10.6 Å². The van der Waals surface area contributed by atoms with E-state index in [4.69, 9.17) is 9.47 Å². The van der Waals surface area contributed by atoms with Crippen LogP contribution in [0.15, 0.2) is 48.5 Å². The number of carbonyl (C=O) groups excluding carboxylic acids is 1. The molecule has 0 fully saturated rings. The number of hydrogen-bond acceptors (Lipinski definition) is 5. The van der Waals surface area contributed by atoms with Gasteiger partial charge in [0.1, 0.15) is 6.10 Å². The second kappa shape index (κ2) is 9.44. The lowest BCUT2D eigenvalue weighted by atomic mass is 10.0. The van der Waals surface area contributed by atoms with Gasteiger partial charge in [0.05, 0.1) is 14.2 Å². The largest absolute Gasteiger partial charge is 0.493 e. The molecule has 144 valence electrons. The standard InChI is InChI=1S/C19H22N2O6/c1-26-14-9-8-12(10-15(14)27-2)11-20-19(25)21-16(18(23)24)17(22)13-6-4-3-5-7-13/h3-10,16-17,22H,11H2,1-2H3,(H,23,24)(H2,20,21,25). The number of aliphatic carboxylic acids is 1. The summed E-state index contributed by atoms with van der Waals surface area (Å²) in [5.74, 6) is -0.268. The first kappa shape index (κ1) is 20.1. The summed E-state index contributed by atoms with van der Waals surface area (Å²) >= 11 is 0. The van der Waals surface area contributed by atoms with Crippen molar-refractivity contribution >= 4 is 12.0 Å². The summed E-state index contributed by atoms with van der Waals surface area (Å²) < 4.78 is 10.3. The van der Waals surface area contributed by atoms with E-state index in [1.54, 1.807) is 48.5 Å². The van der Waals surface area contributed by atoms with E-state index in [9.17, 15) is 19.8 Å². The third-order valence-electron chi connectivity index (χ3n) is 3.91. The number of urea groups is 1. The minimum atomic E-state index is -1.49. The Bertz CT molecular complexity index is 781. The average Bonchev–Trinajstić information content (AvgIpc) is 2.70. The summed E-state index contributed by atoms with van der Waals surface area (Å²) in [6.45, 7) is 0.139. The predicted molar refractivity (Wildman–Crippen MR) is 97.7 cm³/mol. The zero-order chi connectivity index (χ0) is 19.8. The Morgan fingerprint density at radius 3 is 2.30 bits per heavy atom. The third-order valence-corrected chi connectivity index (χ3v) is 3.91. The summed E-state index contributed by atoms with van der Waals surface area (Å²) in [5.41, 5.74) is 1.13. The maximum absolute atomic E-state index is 12.1. The fraction of sp³-hybridized carbons (Fsp3) is 0.263. The number of hydrogen-bond donors (Lipinski definition) is 4. The van der Waals surface area contributed by atoms with Crippen LogP contribution >= 0.6 is 0 Å². The average molecular weight is 374 g/mol. The van der Waals surface area contributed by atoms with Crippen molar-refractivity contribution in [3.8, 4) is 11.5 Å². The number of methoxy groups -OCH3 is 2. The van der Waals surface area contributed by atoms with Crippen molar-refractivity contribution in [1.29, 1.82) is 0 Å². The van der Waals surface area contributed by atoms with Gasteiger partial charge in [-0.05, 0) is 23.3 Å². The van der Waals surface area contributed by atoms with E-state index in [1.807, 2.05) is 0 Å². The number of amides is 2. The molecule has 0 saturated carbocycles. The van der Waals surface area contributed by atoms with Crippen LogP contribution in [0, 0.1) is 0 Å². The Balaban J connectivity index is 1.99. The minimum absolute atomic E-state index is 0.139. The molecule has 2 rings (SSSR count). The van der Waals surface area contributed by atoms with Crippen molar-refractivity contribution in [3.05, 3.63) is 59.7 Å². The summed E-state index contributed by atoms with van der Waals surface area (Å²) in [5, 5.41) is 24.4. The van der Waals surface area contributed by atoms with E-state index in [0.717, 1.165) is 5.56 Å². The van der Waals surface area contributed by atoms with Gasteiger partial charge in [-0.25, -0.2) is 9.59 Å². The van der Waals surface area contributed by atoms with Crippen molar-refractivity contribution in [1.82, 2.24) is 10.6 Å². The zero-order valence-corrected chi connectivity index (χ0v) is 15.0. The molecule has 8 nitrogen and oxygen atoms in total. The topological polar surface area (TPSA) is 117 Å². The summed E-state index contributed by atoms with van der Waals surface area (Å²) in [6.07, 6.45) is -1.38. The molecule has 2 unspecified atom stereocenters. The third kappa shape index (κ3) is 5.35. The Morgan fingerprint density at radius 2 is 1.70 bits per heavy atom. The molecule has 2 amide bonds. The van der Waals surface area contributed by atoms with Crippen molar-refractivity contribution in [3.63, 3.8) is 0 Å². The molecule has 0 spiro atoms. The van der Waals surface area contributed by atoms with Crippen LogP contribution in [-0.2, 0) is 11.3 Å². The number of carbonyl (C=O) groups is 2. The molecule has 27 heavy (non-hydrogen) atoms. The van der Waals surface area contributed by atoms with Crippen LogP contribution in [0.3, 0.4) is 0 Å². The fourth-order valence-corrected chi connectivity index (χ4v) is 2.48. The van der Waals surface area contributed by atoms with E-state index in [0.29, 0.717) is 17.1 Å². The summed E-state index contributed by atoms with van der Waals surface area (Å²) in [6, 6.07) is 11.2. The number of carboxylic acids is 1. The van der Waals surface area contributed by atoms with Crippen LogP contribution in [0.2, 0.25) is 0 Å². The lowest BCUT2D eigenvalue weighted by Crippen LogP contribution is -2.48. The lowest BCUT2D eigenvalue weighted by Gasteiger charge is -2.21. The van der Waals surface area contributed by atoms with Gasteiger partial charge in [0.25, 0.3) is 0 Å². The van der Waals surface area contributed by atoms with E-state index in [1.165, 1.54) is 14.2 Å². The van der Waals surface area contributed by atoms with Crippen LogP contribution in [0.5, 0.6) is 11.5 Å². The highest BCUT2D eigenvalue weighted by atomic mass is 16.5. The molecule has 8 heteroatoms. The maximum Gasteiger partial charge on any atom is 0.329 e. The highest BCUT2D eigenvalue weighted by Gasteiger charge is 2.29. The zero-order valence-electron chi connectivity index (χ0n) is 15.0. The molecule has 4 N–H and O–H groups in total. The SMILES string of the molecule is COc1ccc(CNC(=O)NC(C(=O)O)C(O)c2ccccc2)cc1OC. The van der Waals surface area contributed by atoms with E-state index >= 15 is 0 Å². The summed E-state index contributed by atoms with van der Waals surface area (Å²) in [7, 11) is 3.03. The molecule has 2 aromatic carbocycles. The molecule has 0 radical (unpaired) electrons. The fourth-order valence-electron chi connectivity index (χ4n) is 2.48. The Labute approximate surface area is 156 Å². The smallest absolute Gasteiger partial charge is 0.329 e. The second-order valence-electron chi connectivity index (χ2n) is 5.69. The van der Waals surface area contributed by atoms with Crippen LogP contribution < -0.4 is 20.1 Å². The number of benzene rings is 2.